The number of nitrogens with one attached hydrogen (secondary N) is 1. The zero-order chi connectivity index (χ0) is 14.7. The zero-order valence-corrected chi connectivity index (χ0v) is 11.9. The third kappa shape index (κ3) is 2.98. The van der Waals surface area contributed by atoms with Gasteiger partial charge >= 0.3 is 0 Å². The van der Waals surface area contributed by atoms with Crippen LogP contribution in [0, 0.1) is 25.2 Å². The highest BCUT2D eigenvalue weighted by atomic mass is 35.5. The van der Waals surface area contributed by atoms with Crippen LogP contribution in [-0.2, 0) is 11.3 Å². The molecule has 0 aliphatic carbocycles. The molecule has 0 radical (unpaired) electrons. The van der Waals surface area contributed by atoms with E-state index in [1.165, 1.54) is 0 Å². The number of amides is 1. The number of rotatable bonds is 3. The number of nitrogens with zero attached hydrogens (tertiary/aromatic N) is 3. The van der Waals surface area contributed by atoms with E-state index < -0.39 is 0 Å². The summed E-state index contributed by atoms with van der Waals surface area (Å²) in [5, 5.41) is 16.3. The van der Waals surface area contributed by atoms with Crippen LogP contribution in [0.25, 0.3) is 0 Å². The maximum absolute atomic E-state index is 12.0. The third-order valence-corrected chi connectivity index (χ3v) is 3.41. The SMILES string of the molecule is Cc1nn(CC(=O)Nc2cccc(C#N)c2)c(C)c1Cl. The Hall–Kier alpha value is -2.32. The summed E-state index contributed by atoms with van der Waals surface area (Å²) >= 11 is 6.03. The van der Waals surface area contributed by atoms with E-state index in [0.717, 1.165) is 5.69 Å². The molecule has 5 nitrogen and oxygen atoms in total. The molecular formula is C14H13ClN4O. The predicted molar refractivity (Wildman–Crippen MR) is 76.5 cm³/mol. The standard InChI is InChI=1S/C14H13ClN4O/c1-9-14(15)10(2)19(18-9)8-13(20)17-12-5-3-4-11(6-12)7-16/h3-6H,8H2,1-2H3,(H,17,20). The smallest absolute Gasteiger partial charge is 0.246 e. The van der Waals surface area contributed by atoms with E-state index in [2.05, 4.69) is 10.4 Å². The van der Waals surface area contributed by atoms with Gasteiger partial charge in [-0.1, -0.05) is 17.7 Å². The van der Waals surface area contributed by atoms with Crippen molar-refractivity contribution in [3.05, 3.63) is 46.2 Å². The second kappa shape index (κ2) is 5.76. The van der Waals surface area contributed by atoms with Crippen LogP contribution in [-0.4, -0.2) is 15.7 Å². The first kappa shape index (κ1) is 14.1. The lowest BCUT2D eigenvalue weighted by Gasteiger charge is -2.07. The van der Waals surface area contributed by atoms with Gasteiger partial charge in [-0.15, -0.1) is 0 Å². The monoisotopic (exact) mass is 288 g/mol. The van der Waals surface area contributed by atoms with Crippen molar-refractivity contribution >= 4 is 23.2 Å². The molecule has 1 heterocycles. The van der Waals surface area contributed by atoms with E-state index in [4.69, 9.17) is 16.9 Å². The predicted octanol–water partition coefficient (Wildman–Crippen LogP) is 2.66. The number of anilines is 1. The number of carbonyl (C=O) groups excluding carboxylic acids is 1. The van der Waals surface area contributed by atoms with Gasteiger partial charge in [0.2, 0.25) is 5.91 Å². The van der Waals surface area contributed by atoms with Crippen LogP contribution in [0.5, 0.6) is 0 Å². The van der Waals surface area contributed by atoms with Crippen molar-refractivity contribution in [2.45, 2.75) is 20.4 Å². The number of halogens is 1. The molecule has 2 rings (SSSR count). The van der Waals surface area contributed by atoms with Crippen LogP contribution in [0.1, 0.15) is 17.0 Å². The van der Waals surface area contributed by atoms with Crippen molar-refractivity contribution < 1.29 is 4.79 Å². The second-order valence-corrected chi connectivity index (χ2v) is 4.76. The molecule has 0 saturated carbocycles. The number of aromatic nitrogens is 2. The van der Waals surface area contributed by atoms with Gasteiger partial charge in [-0.25, -0.2) is 0 Å². The first-order valence-corrected chi connectivity index (χ1v) is 6.38. The number of aryl methyl sites for hydroxylation is 1. The minimum Gasteiger partial charge on any atom is -0.324 e. The molecule has 2 aromatic rings. The fourth-order valence-electron chi connectivity index (χ4n) is 1.83. The summed E-state index contributed by atoms with van der Waals surface area (Å²) in [6.07, 6.45) is 0. The summed E-state index contributed by atoms with van der Waals surface area (Å²) in [5.41, 5.74) is 2.53. The average molecular weight is 289 g/mol. The molecular weight excluding hydrogens is 276 g/mol. The first-order valence-electron chi connectivity index (χ1n) is 6.01. The van der Waals surface area contributed by atoms with Crippen LogP contribution in [0.4, 0.5) is 5.69 Å². The van der Waals surface area contributed by atoms with Gasteiger partial charge in [0, 0.05) is 5.69 Å². The maximum Gasteiger partial charge on any atom is 0.246 e. The van der Waals surface area contributed by atoms with Crippen molar-refractivity contribution in [2.24, 2.45) is 0 Å². The Labute approximate surface area is 121 Å². The van der Waals surface area contributed by atoms with Crippen LogP contribution >= 0.6 is 11.6 Å². The summed E-state index contributed by atoms with van der Waals surface area (Å²) in [6.45, 7) is 3.68. The molecule has 0 aliphatic rings. The molecule has 6 heteroatoms. The minimum absolute atomic E-state index is 0.0795. The van der Waals surface area contributed by atoms with Crippen molar-refractivity contribution in [1.82, 2.24) is 9.78 Å². The van der Waals surface area contributed by atoms with Crippen molar-refractivity contribution in [2.75, 3.05) is 5.32 Å². The van der Waals surface area contributed by atoms with E-state index in [1.807, 2.05) is 13.0 Å². The molecule has 0 spiro atoms. The van der Waals surface area contributed by atoms with Gasteiger partial charge in [0.25, 0.3) is 0 Å². The largest absolute Gasteiger partial charge is 0.324 e. The molecule has 0 saturated heterocycles. The molecule has 20 heavy (non-hydrogen) atoms. The lowest BCUT2D eigenvalue weighted by molar-refractivity contribution is -0.116. The highest BCUT2D eigenvalue weighted by Gasteiger charge is 2.12. The lowest BCUT2D eigenvalue weighted by atomic mass is 10.2. The van der Waals surface area contributed by atoms with Gasteiger partial charge in [-0.05, 0) is 32.0 Å². The van der Waals surface area contributed by atoms with E-state index in [1.54, 1.807) is 35.9 Å². The third-order valence-electron chi connectivity index (χ3n) is 2.86. The molecule has 0 aliphatic heterocycles. The molecule has 0 fully saturated rings. The van der Waals surface area contributed by atoms with Gasteiger partial charge in [-0.2, -0.15) is 10.4 Å². The summed E-state index contributed by atoms with van der Waals surface area (Å²) in [7, 11) is 0. The fraction of sp³-hybridized carbons (Fsp3) is 0.214. The highest BCUT2D eigenvalue weighted by Crippen LogP contribution is 2.19. The number of hydrogen-bond acceptors (Lipinski definition) is 3. The highest BCUT2D eigenvalue weighted by molar-refractivity contribution is 6.31. The Morgan fingerprint density at radius 3 is 2.85 bits per heavy atom. The first-order chi connectivity index (χ1) is 9.51. The molecule has 0 bridgehead atoms. The molecule has 1 aromatic carbocycles. The van der Waals surface area contributed by atoms with E-state index in [-0.39, 0.29) is 12.5 Å². The Morgan fingerprint density at radius 2 is 2.25 bits per heavy atom. The van der Waals surface area contributed by atoms with Gasteiger partial charge in [0.15, 0.2) is 0 Å². The molecule has 0 atom stereocenters. The van der Waals surface area contributed by atoms with Crippen LogP contribution in [0.3, 0.4) is 0 Å². The van der Waals surface area contributed by atoms with Crippen LogP contribution in [0.15, 0.2) is 24.3 Å². The van der Waals surface area contributed by atoms with Crippen molar-refractivity contribution in [1.29, 1.82) is 5.26 Å². The molecule has 0 unspecified atom stereocenters. The average Bonchev–Trinajstić information content (AvgIpc) is 2.66. The van der Waals surface area contributed by atoms with Gasteiger partial charge in [0.05, 0.1) is 28.0 Å². The number of hydrogen-bond donors (Lipinski definition) is 1. The maximum atomic E-state index is 12.0. The summed E-state index contributed by atoms with van der Waals surface area (Å²) in [6, 6.07) is 8.76. The van der Waals surface area contributed by atoms with Crippen molar-refractivity contribution in [3.8, 4) is 6.07 Å². The Balaban J connectivity index is 2.09. The minimum atomic E-state index is -0.220. The Kier molecular flexibility index (Phi) is 4.06. The quantitative estimate of drug-likeness (QED) is 0.944. The number of benzene rings is 1. The molecule has 1 aromatic heterocycles. The topological polar surface area (TPSA) is 70.7 Å². The summed E-state index contributed by atoms with van der Waals surface area (Å²) in [5.74, 6) is -0.220. The van der Waals surface area contributed by atoms with Gasteiger partial charge in [0.1, 0.15) is 6.54 Å². The summed E-state index contributed by atoms with van der Waals surface area (Å²) < 4.78 is 1.56. The normalized spacial score (nSPS) is 10.1. The van der Waals surface area contributed by atoms with Gasteiger partial charge < -0.3 is 5.32 Å². The molecule has 1 amide bonds. The van der Waals surface area contributed by atoms with E-state index >= 15 is 0 Å². The van der Waals surface area contributed by atoms with Crippen LogP contribution < -0.4 is 5.32 Å². The fourth-order valence-corrected chi connectivity index (χ4v) is 1.97. The lowest BCUT2D eigenvalue weighted by Crippen LogP contribution is -2.20. The van der Waals surface area contributed by atoms with Crippen LogP contribution in [0.2, 0.25) is 5.02 Å². The van der Waals surface area contributed by atoms with E-state index in [9.17, 15) is 4.79 Å². The van der Waals surface area contributed by atoms with Gasteiger partial charge in [-0.3, -0.25) is 9.48 Å². The number of nitriles is 1. The van der Waals surface area contributed by atoms with E-state index in [0.29, 0.717) is 22.0 Å². The number of carbonyl (C=O) groups is 1. The summed E-state index contributed by atoms with van der Waals surface area (Å²) in [4.78, 5) is 12.0. The Bertz CT molecular complexity index is 700. The Morgan fingerprint density at radius 1 is 1.50 bits per heavy atom. The zero-order valence-electron chi connectivity index (χ0n) is 11.1. The molecule has 102 valence electrons. The molecule has 1 N–H and O–H groups in total. The second-order valence-electron chi connectivity index (χ2n) is 4.38. The van der Waals surface area contributed by atoms with Crippen molar-refractivity contribution in [3.63, 3.8) is 0 Å².